The number of benzene rings is 1. The number of aromatic nitrogens is 1. The van der Waals surface area contributed by atoms with Gasteiger partial charge in [-0.15, -0.1) is 23.7 Å². The van der Waals surface area contributed by atoms with Gasteiger partial charge in [-0.2, -0.15) is 0 Å². The molecule has 4 nitrogen and oxygen atoms in total. The number of halogens is 2. The van der Waals surface area contributed by atoms with Gasteiger partial charge in [0, 0.05) is 23.9 Å². The highest BCUT2D eigenvalue weighted by atomic mass is 35.5. The maximum absolute atomic E-state index is 13.7. The summed E-state index contributed by atoms with van der Waals surface area (Å²) in [6.45, 7) is 0.843. The molecule has 1 heterocycles. The fourth-order valence-corrected chi connectivity index (χ4v) is 4.12. The lowest BCUT2D eigenvalue weighted by molar-refractivity contribution is 0.0932. The van der Waals surface area contributed by atoms with Gasteiger partial charge in [-0.25, -0.2) is 9.37 Å². The Kier molecular flexibility index (Phi) is 6.93. The number of hydrogen-bond donors (Lipinski definition) is 2. The van der Waals surface area contributed by atoms with E-state index in [9.17, 15) is 9.18 Å². The molecule has 2 aromatic rings. The van der Waals surface area contributed by atoms with E-state index in [0.29, 0.717) is 18.8 Å². The Morgan fingerprint density at radius 2 is 2.08 bits per heavy atom. The number of rotatable bonds is 5. The summed E-state index contributed by atoms with van der Waals surface area (Å²) in [5.41, 5.74) is 6.74. The molecule has 1 aromatic heterocycles. The van der Waals surface area contributed by atoms with Gasteiger partial charge in [0.25, 0.3) is 5.91 Å². The Morgan fingerprint density at radius 1 is 1.32 bits per heavy atom. The monoisotopic (exact) mass is 383 g/mol. The number of nitrogens with zero attached hydrogens (tertiary/aromatic N) is 1. The van der Waals surface area contributed by atoms with Crippen molar-refractivity contribution in [2.24, 2.45) is 5.73 Å². The van der Waals surface area contributed by atoms with E-state index in [0.717, 1.165) is 36.3 Å². The minimum Gasteiger partial charge on any atom is -0.350 e. The third-order valence-corrected chi connectivity index (χ3v) is 5.67. The summed E-state index contributed by atoms with van der Waals surface area (Å²) in [4.78, 5) is 16.6. The highest BCUT2D eigenvalue weighted by Gasteiger charge is 2.34. The first kappa shape index (κ1) is 19.8. The highest BCUT2D eigenvalue weighted by molar-refractivity contribution is 7.09. The van der Waals surface area contributed by atoms with Crippen molar-refractivity contribution in [1.29, 1.82) is 0 Å². The van der Waals surface area contributed by atoms with Gasteiger partial charge in [-0.1, -0.05) is 31.4 Å². The molecule has 0 aliphatic heterocycles. The molecule has 0 spiro atoms. The van der Waals surface area contributed by atoms with Crippen molar-refractivity contribution in [2.45, 2.75) is 44.1 Å². The summed E-state index contributed by atoms with van der Waals surface area (Å²) in [5, 5.41) is 5.48. The Morgan fingerprint density at radius 3 is 2.72 bits per heavy atom. The van der Waals surface area contributed by atoms with E-state index in [-0.39, 0.29) is 29.5 Å². The average Bonchev–Trinajstić information content (AvgIpc) is 3.10. The van der Waals surface area contributed by atoms with Gasteiger partial charge >= 0.3 is 0 Å². The number of nitrogens with two attached hydrogens (primary N) is 1. The summed E-state index contributed by atoms with van der Waals surface area (Å²) in [7, 11) is 0. The van der Waals surface area contributed by atoms with Gasteiger partial charge in [-0.3, -0.25) is 4.79 Å². The fraction of sp³-hybridized carbons (Fsp3) is 0.444. The van der Waals surface area contributed by atoms with Crippen LogP contribution < -0.4 is 11.1 Å². The van der Waals surface area contributed by atoms with Crippen LogP contribution in [0.5, 0.6) is 0 Å². The number of amides is 1. The Labute approximate surface area is 157 Å². The van der Waals surface area contributed by atoms with E-state index in [2.05, 4.69) is 10.3 Å². The molecule has 1 aromatic carbocycles. The standard InChI is InChI=1S/C18H22FN3OS.ClH/c19-14-6-4-5-13(9-14)18(7-2-1-3-8-18)12-21-17(23)15-11-24-16(10-20)22-15;/h4-6,9,11H,1-3,7-8,10,12,20H2,(H,21,23);1H. The van der Waals surface area contributed by atoms with Crippen molar-refractivity contribution in [2.75, 3.05) is 6.54 Å². The molecule has 0 atom stereocenters. The van der Waals surface area contributed by atoms with E-state index < -0.39 is 0 Å². The van der Waals surface area contributed by atoms with Crippen LogP contribution in [0.3, 0.4) is 0 Å². The van der Waals surface area contributed by atoms with E-state index in [1.165, 1.54) is 23.8 Å². The zero-order valence-corrected chi connectivity index (χ0v) is 15.6. The van der Waals surface area contributed by atoms with Crippen molar-refractivity contribution in [3.8, 4) is 0 Å². The smallest absolute Gasteiger partial charge is 0.270 e. The molecule has 0 bridgehead atoms. The first-order valence-corrected chi connectivity index (χ1v) is 9.20. The topological polar surface area (TPSA) is 68.0 Å². The van der Waals surface area contributed by atoms with Crippen LogP contribution in [0.25, 0.3) is 0 Å². The van der Waals surface area contributed by atoms with Gasteiger partial charge in [0.1, 0.15) is 16.5 Å². The molecule has 25 heavy (non-hydrogen) atoms. The van der Waals surface area contributed by atoms with Crippen molar-refractivity contribution in [3.05, 3.63) is 51.7 Å². The molecule has 0 radical (unpaired) electrons. The van der Waals surface area contributed by atoms with E-state index in [4.69, 9.17) is 5.73 Å². The molecular weight excluding hydrogens is 361 g/mol. The van der Waals surface area contributed by atoms with Crippen LogP contribution in [-0.4, -0.2) is 17.4 Å². The summed E-state index contributed by atoms with van der Waals surface area (Å²) in [5.74, 6) is -0.414. The molecular formula is C18H23ClFN3OS. The predicted octanol–water partition coefficient (Wildman–Crippen LogP) is 3.79. The van der Waals surface area contributed by atoms with Crippen molar-refractivity contribution in [1.82, 2.24) is 10.3 Å². The maximum atomic E-state index is 13.7. The number of carbonyl (C=O) groups is 1. The largest absolute Gasteiger partial charge is 0.350 e. The van der Waals surface area contributed by atoms with Gasteiger partial charge in [-0.05, 0) is 30.5 Å². The summed E-state index contributed by atoms with van der Waals surface area (Å²) < 4.78 is 13.7. The molecule has 1 aliphatic rings. The Balaban J connectivity index is 0.00000225. The zero-order valence-electron chi connectivity index (χ0n) is 14.0. The lowest BCUT2D eigenvalue weighted by Crippen LogP contribution is -2.42. The van der Waals surface area contributed by atoms with E-state index in [1.807, 2.05) is 6.07 Å². The molecule has 7 heteroatoms. The second kappa shape index (κ2) is 8.74. The van der Waals surface area contributed by atoms with Crippen LogP contribution in [0.15, 0.2) is 29.6 Å². The van der Waals surface area contributed by atoms with E-state index in [1.54, 1.807) is 17.5 Å². The van der Waals surface area contributed by atoms with Gasteiger partial charge in [0.15, 0.2) is 0 Å². The second-order valence-corrected chi connectivity index (χ2v) is 7.31. The van der Waals surface area contributed by atoms with Crippen molar-refractivity contribution in [3.63, 3.8) is 0 Å². The zero-order chi connectivity index (χ0) is 17.0. The van der Waals surface area contributed by atoms with Crippen LogP contribution in [0.4, 0.5) is 4.39 Å². The fourth-order valence-electron chi connectivity index (χ4n) is 3.46. The van der Waals surface area contributed by atoms with Gasteiger partial charge in [0.2, 0.25) is 0 Å². The van der Waals surface area contributed by atoms with Gasteiger partial charge in [0.05, 0.1) is 0 Å². The molecule has 1 amide bonds. The van der Waals surface area contributed by atoms with Crippen molar-refractivity contribution < 1.29 is 9.18 Å². The van der Waals surface area contributed by atoms with Crippen LogP contribution in [-0.2, 0) is 12.0 Å². The third kappa shape index (κ3) is 4.57. The Bertz CT molecular complexity index is 716. The molecule has 136 valence electrons. The summed E-state index contributed by atoms with van der Waals surface area (Å²) in [6, 6.07) is 6.78. The normalized spacial score (nSPS) is 16.1. The second-order valence-electron chi connectivity index (χ2n) is 6.36. The summed E-state index contributed by atoms with van der Waals surface area (Å²) >= 11 is 1.39. The SMILES string of the molecule is Cl.NCc1nc(C(=O)NCC2(c3cccc(F)c3)CCCCC2)cs1. The number of thiazole rings is 1. The minimum atomic E-state index is -0.226. The average molecular weight is 384 g/mol. The summed E-state index contributed by atoms with van der Waals surface area (Å²) in [6.07, 6.45) is 5.31. The van der Waals surface area contributed by atoms with E-state index >= 15 is 0 Å². The molecule has 3 rings (SSSR count). The van der Waals surface area contributed by atoms with Crippen LogP contribution in [0.2, 0.25) is 0 Å². The first-order chi connectivity index (χ1) is 11.6. The molecule has 3 N–H and O–H groups in total. The number of hydrogen-bond acceptors (Lipinski definition) is 4. The first-order valence-electron chi connectivity index (χ1n) is 8.32. The quantitative estimate of drug-likeness (QED) is 0.825. The predicted molar refractivity (Wildman–Crippen MR) is 101 cm³/mol. The Hall–Kier alpha value is -1.50. The maximum Gasteiger partial charge on any atom is 0.270 e. The molecule has 1 saturated carbocycles. The molecule has 1 fully saturated rings. The minimum absolute atomic E-state index is 0. The lowest BCUT2D eigenvalue weighted by Gasteiger charge is -2.38. The molecule has 1 aliphatic carbocycles. The number of nitrogens with one attached hydrogen (secondary N) is 1. The highest BCUT2D eigenvalue weighted by Crippen LogP contribution is 2.39. The van der Waals surface area contributed by atoms with Gasteiger partial charge < -0.3 is 11.1 Å². The van der Waals surface area contributed by atoms with Crippen LogP contribution in [0, 0.1) is 5.82 Å². The molecule has 0 saturated heterocycles. The lowest BCUT2D eigenvalue weighted by atomic mass is 9.69. The number of carbonyl (C=O) groups excluding carboxylic acids is 1. The van der Waals surface area contributed by atoms with Crippen LogP contribution in [0.1, 0.15) is 53.2 Å². The van der Waals surface area contributed by atoms with Crippen molar-refractivity contribution >= 4 is 29.7 Å². The third-order valence-electron chi connectivity index (χ3n) is 4.79. The van der Waals surface area contributed by atoms with Crippen LogP contribution >= 0.6 is 23.7 Å². The molecule has 0 unspecified atom stereocenters.